The molecule has 0 aliphatic heterocycles. The third kappa shape index (κ3) is 39.4. The Morgan fingerprint density at radius 1 is 0.261 bits per heavy atom. The summed E-state index contributed by atoms with van der Waals surface area (Å²) in [7, 11) is 0. The Bertz CT molecular complexity index is 5730. The van der Waals surface area contributed by atoms with Gasteiger partial charge in [0.25, 0.3) is 12.9 Å². The number of alkyl halides is 7. The highest BCUT2D eigenvalue weighted by atomic mass is 35.5. The normalized spacial score (nSPS) is 13.4. The molecule has 5 amide bonds. The lowest BCUT2D eigenvalue weighted by Crippen LogP contribution is -2.40. The lowest BCUT2D eigenvalue weighted by molar-refractivity contribution is -0.139. The van der Waals surface area contributed by atoms with Crippen molar-refractivity contribution in [3.05, 3.63) is 353 Å². The van der Waals surface area contributed by atoms with Crippen molar-refractivity contribution in [1.82, 2.24) is 26.6 Å². The quantitative estimate of drug-likeness (QED) is 0.0159. The van der Waals surface area contributed by atoms with Gasteiger partial charge in [-0.15, -0.1) is 0 Å². The van der Waals surface area contributed by atoms with Crippen molar-refractivity contribution in [2.24, 2.45) is 29.6 Å². The van der Waals surface area contributed by atoms with Gasteiger partial charge in [0.15, 0.2) is 0 Å². The molecule has 10 atom stereocenters. The molecular formula is C108H122Cl2F7N5O20. The van der Waals surface area contributed by atoms with Gasteiger partial charge in [-0.3, -0.25) is 24.0 Å². The summed E-state index contributed by atoms with van der Waals surface area (Å²) in [6.45, 7) is 28.3. The fraction of sp³-hybridized carbons (Fsp3) is 0.352. The number of halogens is 9. The van der Waals surface area contributed by atoms with E-state index < -0.39 is 96.9 Å². The maximum absolute atomic E-state index is 12.9. The number of hydrogen-bond donors (Lipinski definition) is 10. The number of benzene rings is 10. The molecule has 10 aromatic carbocycles. The molecule has 0 unspecified atom stereocenters. The van der Waals surface area contributed by atoms with Gasteiger partial charge in [-0.2, -0.15) is 13.2 Å². The van der Waals surface area contributed by atoms with Crippen LogP contribution in [0.15, 0.2) is 243 Å². The summed E-state index contributed by atoms with van der Waals surface area (Å²) >= 11 is 11.9. The lowest BCUT2D eigenvalue weighted by atomic mass is 10.0. The Morgan fingerprint density at radius 2 is 0.479 bits per heavy atom. The second-order valence-corrected chi connectivity index (χ2v) is 36.1. The molecule has 0 heterocycles. The van der Waals surface area contributed by atoms with Gasteiger partial charge in [0.1, 0.15) is 30.5 Å². The lowest BCUT2D eigenvalue weighted by Gasteiger charge is -2.24. The SMILES string of the molecule is CC(C)[C@@H](OCc1ccc(C(F)F)cc1)C(=O)N[C@@H](C)c1ccc(C(=O)O)cc1.CC(C)[C@@H](OCc1ccc(Cl)cc1)C(=O)N[C@@H](C)c1ccc(C(=O)O)cc1.CC(C)[C@@H](OCc1cccc(C(F)(F)F)c1)C(=O)N[C@@H](C)c1ccc(C(=O)O)cc1.CC(C)[C@@H](OCc1cccc(C(F)F)c1)C(=O)N[C@@H](C)c1ccc(C(=O)O)cc1.CC(C)[C@@H](OCc1cccc(Cl)c1)C(=O)N[C@@H](C)c1ccc(C(=O)O)cc1. The first-order valence-electron chi connectivity index (χ1n) is 45.6. The number of nitrogens with one attached hydrogen (secondary N) is 5. The minimum absolute atomic E-state index is 0.00103. The van der Waals surface area contributed by atoms with Crippen molar-refractivity contribution in [2.45, 2.75) is 217 Å². The van der Waals surface area contributed by atoms with Crippen molar-refractivity contribution in [3.63, 3.8) is 0 Å². The van der Waals surface area contributed by atoms with E-state index in [1.165, 1.54) is 103 Å². The first kappa shape index (κ1) is 117. The second-order valence-electron chi connectivity index (χ2n) is 35.2. The smallest absolute Gasteiger partial charge is 0.416 e. The maximum Gasteiger partial charge on any atom is 0.416 e. The molecular weight excluding hydrogens is 1890 g/mol. The third-order valence-corrected chi connectivity index (χ3v) is 22.5. The fourth-order valence-corrected chi connectivity index (χ4v) is 14.2. The van der Waals surface area contributed by atoms with E-state index in [0.717, 1.165) is 45.5 Å². The van der Waals surface area contributed by atoms with Gasteiger partial charge < -0.3 is 75.8 Å². The first-order valence-corrected chi connectivity index (χ1v) is 46.3. The highest BCUT2D eigenvalue weighted by Gasteiger charge is 2.34. The van der Waals surface area contributed by atoms with Crippen LogP contribution in [0, 0.1) is 29.6 Å². The molecule has 10 aromatic rings. The monoisotopic (exact) mass is 2010 g/mol. The van der Waals surface area contributed by atoms with E-state index in [0.29, 0.717) is 45.5 Å². The van der Waals surface area contributed by atoms with Crippen LogP contribution in [0.4, 0.5) is 30.7 Å². The average Bonchev–Trinajstić information content (AvgIpc) is 0.870. The zero-order chi connectivity index (χ0) is 106. The minimum Gasteiger partial charge on any atom is -0.478 e. The van der Waals surface area contributed by atoms with Crippen LogP contribution in [0.1, 0.15) is 271 Å². The first-order chi connectivity index (χ1) is 66.9. The van der Waals surface area contributed by atoms with E-state index in [4.69, 9.17) is 72.4 Å². The Labute approximate surface area is 831 Å². The van der Waals surface area contributed by atoms with Gasteiger partial charge in [0, 0.05) is 21.2 Å². The highest BCUT2D eigenvalue weighted by molar-refractivity contribution is 6.30. The summed E-state index contributed by atoms with van der Waals surface area (Å²) in [5.74, 6) is -6.89. The molecule has 0 aromatic heterocycles. The van der Waals surface area contributed by atoms with E-state index in [1.54, 1.807) is 132 Å². The predicted molar refractivity (Wildman–Crippen MR) is 524 cm³/mol. The molecule has 25 nitrogen and oxygen atoms in total. The molecule has 10 rings (SSSR count). The zero-order valence-corrected chi connectivity index (χ0v) is 82.7. The number of carbonyl (C=O) groups excluding carboxylic acids is 5. The summed E-state index contributed by atoms with van der Waals surface area (Å²) < 4.78 is 118. The van der Waals surface area contributed by atoms with Crippen molar-refractivity contribution in [1.29, 1.82) is 0 Å². The Morgan fingerprint density at radius 3 is 0.711 bits per heavy atom. The van der Waals surface area contributed by atoms with Crippen LogP contribution in [0.3, 0.4) is 0 Å². The van der Waals surface area contributed by atoms with E-state index in [-0.39, 0.29) is 136 Å². The van der Waals surface area contributed by atoms with Crippen LogP contribution in [0.2, 0.25) is 10.0 Å². The van der Waals surface area contributed by atoms with Crippen molar-refractivity contribution >= 4 is 82.6 Å². The fourth-order valence-electron chi connectivity index (χ4n) is 13.9. The second kappa shape index (κ2) is 57.6. The minimum atomic E-state index is -4.45. The van der Waals surface area contributed by atoms with E-state index in [2.05, 4.69) is 26.6 Å². The number of amides is 5. The zero-order valence-electron chi connectivity index (χ0n) is 81.2. The van der Waals surface area contributed by atoms with Gasteiger partial charge >= 0.3 is 36.0 Å². The molecule has 10 N–H and O–H groups in total. The predicted octanol–water partition coefficient (Wildman–Crippen LogP) is 23.2. The molecule has 0 aliphatic rings. The van der Waals surface area contributed by atoms with Gasteiger partial charge in [-0.25, -0.2) is 41.5 Å². The number of aromatic carboxylic acids is 5. The molecule has 0 aliphatic carbocycles. The molecule has 0 spiro atoms. The standard InChI is InChI=1S/C22H24F3NO4.2C22H25F2NO4.2C21H24ClNO4/c1-13(2)19(30-12-15-5-4-6-18(11-15)22(23,24)25)20(27)26-14(3)16-7-9-17(10-8-16)21(28)29;1-13(2)19(29-12-15-4-6-17(7-5-15)20(23)24)21(26)25-14(3)16-8-10-18(11-9-16)22(27)28;1-13(2)19(29-12-15-5-4-6-18(11-15)20(23)24)21(26)25-14(3)16-7-9-17(10-8-16)22(27)28;1-13(2)19(27-12-15-4-10-18(22)11-5-15)20(24)23-14(3)16-6-8-17(9-7-16)21(25)26;1-13(2)19(27-12-15-5-4-6-18(22)11-15)20(24)23-14(3)16-7-9-17(10-8-16)21(25)26/h4-11,13-14,19H,12H2,1-3H3,(H,26,27)(H,28,29);2*4-11,13-14,19-20H,12H2,1-3H3,(H,25,26)(H,27,28);2*4-11,13-14,19H,12H2,1-3H3,(H,23,24)(H,25,26)/t5*14-,19+/m00000/s1. The number of ether oxygens (including phenoxy) is 5. The number of hydrogen-bond acceptors (Lipinski definition) is 15. The third-order valence-electron chi connectivity index (χ3n) is 22.0. The summed E-state index contributed by atoms with van der Waals surface area (Å²) in [6, 6.07) is 61.1. The average molecular weight is 2010 g/mol. The number of rotatable bonds is 42. The molecule has 0 fully saturated rings. The van der Waals surface area contributed by atoms with Crippen molar-refractivity contribution in [2.75, 3.05) is 0 Å². The largest absolute Gasteiger partial charge is 0.478 e. The Balaban J connectivity index is 0.000000272. The van der Waals surface area contributed by atoms with Crippen molar-refractivity contribution < 1.29 is 128 Å². The van der Waals surface area contributed by atoms with Crippen molar-refractivity contribution in [3.8, 4) is 0 Å². The number of carboxylic acid groups (broad SMARTS) is 5. The van der Waals surface area contributed by atoms with Gasteiger partial charge in [-0.05, 0) is 223 Å². The molecule has 0 saturated heterocycles. The number of carboxylic acids is 5. The number of carbonyl (C=O) groups is 10. The van der Waals surface area contributed by atoms with E-state index in [1.807, 2.05) is 99.6 Å². The van der Waals surface area contributed by atoms with E-state index >= 15 is 0 Å². The summed E-state index contributed by atoms with van der Waals surface area (Å²) in [4.78, 5) is 118. The van der Waals surface area contributed by atoms with E-state index in [9.17, 15) is 78.7 Å². The van der Waals surface area contributed by atoms with Gasteiger partial charge in [0.05, 0.1) is 96.6 Å². The summed E-state index contributed by atoms with van der Waals surface area (Å²) in [5.41, 5.74) is 7.31. The van der Waals surface area contributed by atoms with Crippen LogP contribution in [0.5, 0.6) is 0 Å². The van der Waals surface area contributed by atoms with Gasteiger partial charge in [-0.1, -0.05) is 232 Å². The molecule has 34 heteroatoms. The molecule has 0 saturated carbocycles. The molecule has 142 heavy (non-hydrogen) atoms. The van der Waals surface area contributed by atoms with Gasteiger partial charge in [0.2, 0.25) is 29.5 Å². The maximum atomic E-state index is 12.9. The Hall–Kier alpha value is -13.2. The van der Waals surface area contributed by atoms with Crippen LogP contribution in [0.25, 0.3) is 0 Å². The topological polar surface area (TPSA) is 378 Å². The summed E-state index contributed by atoms with van der Waals surface area (Å²) in [5, 5.41) is 60.5. The van der Waals surface area contributed by atoms with Crippen LogP contribution in [-0.2, 0) is 86.9 Å². The summed E-state index contributed by atoms with van der Waals surface area (Å²) in [6.07, 6.45) is -13.1. The molecule has 0 bridgehead atoms. The Kier molecular flexibility index (Phi) is 47.7. The van der Waals surface area contributed by atoms with Crippen LogP contribution < -0.4 is 26.6 Å². The van der Waals surface area contributed by atoms with Crippen LogP contribution in [-0.4, -0.2) is 115 Å². The van der Waals surface area contributed by atoms with Crippen LogP contribution >= 0.6 is 23.2 Å². The highest BCUT2D eigenvalue weighted by Crippen LogP contribution is 2.32. The molecule has 762 valence electrons. The molecule has 0 radical (unpaired) electrons.